The van der Waals surface area contributed by atoms with E-state index >= 15 is 0 Å². The van der Waals surface area contributed by atoms with Crippen LogP contribution in [0.25, 0.3) is 0 Å². The lowest BCUT2D eigenvalue weighted by atomic mass is 10.3. The third-order valence-electron chi connectivity index (χ3n) is 2.51. The molecule has 3 N–H and O–H groups in total. The van der Waals surface area contributed by atoms with Gasteiger partial charge in [0.2, 0.25) is 5.91 Å². The number of hydrogen-bond acceptors (Lipinski definition) is 5. The first-order valence-electron chi connectivity index (χ1n) is 5.86. The van der Waals surface area contributed by atoms with E-state index in [9.17, 15) is 13.2 Å². The van der Waals surface area contributed by atoms with Gasteiger partial charge in [-0.25, -0.2) is 8.42 Å². The fourth-order valence-electron chi connectivity index (χ4n) is 1.50. The Balaban J connectivity index is 2.99. The van der Waals surface area contributed by atoms with Crippen LogP contribution in [-0.2, 0) is 14.6 Å². The van der Waals surface area contributed by atoms with E-state index in [0.29, 0.717) is 12.4 Å². The molecule has 7 heteroatoms. The van der Waals surface area contributed by atoms with Crippen LogP contribution in [0.4, 0.5) is 5.69 Å². The van der Waals surface area contributed by atoms with Crippen LogP contribution in [-0.4, -0.2) is 33.7 Å². The lowest BCUT2D eigenvalue weighted by Gasteiger charge is -2.10. The maximum absolute atomic E-state index is 12.1. The average molecular weight is 286 g/mol. The Morgan fingerprint density at radius 1 is 1.42 bits per heavy atom. The molecule has 0 spiro atoms. The van der Waals surface area contributed by atoms with Crippen molar-refractivity contribution in [3.63, 3.8) is 0 Å². The minimum absolute atomic E-state index is 0.00218. The van der Waals surface area contributed by atoms with Crippen LogP contribution >= 0.6 is 0 Å². The van der Waals surface area contributed by atoms with Gasteiger partial charge in [-0.3, -0.25) is 4.79 Å². The van der Waals surface area contributed by atoms with Crippen molar-refractivity contribution in [2.24, 2.45) is 0 Å². The highest BCUT2D eigenvalue weighted by molar-refractivity contribution is 7.91. The van der Waals surface area contributed by atoms with Crippen LogP contribution in [0, 0.1) is 0 Å². The highest BCUT2D eigenvalue weighted by Crippen LogP contribution is 2.25. The summed E-state index contributed by atoms with van der Waals surface area (Å²) in [4.78, 5) is 11.1. The van der Waals surface area contributed by atoms with Crippen molar-refractivity contribution in [1.29, 1.82) is 0 Å². The largest absolute Gasteiger partial charge is 0.494 e. The van der Waals surface area contributed by atoms with Crippen molar-refractivity contribution in [3.8, 4) is 5.75 Å². The molecule has 0 fully saturated rings. The molecule has 0 aliphatic heterocycles. The predicted octanol–water partition coefficient (Wildman–Crippen LogP) is 0.577. The lowest BCUT2D eigenvalue weighted by molar-refractivity contribution is -0.120. The topological polar surface area (TPSA) is 98.5 Å². The standard InChI is InChI=1S/C12H18N2O4S/c1-3-18-9-4-5-10(13)11(8-9)19(16,17)7-6-12(15)14-2/h4-5,8H,3,6-7,13H2,1-2H3,(H,14,15). The number of benzene rings is 1. The van der Waals surface area contributed by atoms with Gasteiger partial charge in [0.1, 0.15) is 5.75 Å². The van der Waals surface area contributed by atoms with Gasteiger partial charge in [-0.15, -0.1) is 0 Å². The van der Waals surface area contributed by atoms with Gasteiger partial charge in [0.15, 0.2) is 9.84 Å². The van der Waals surface area contributed by atoms with Crippen LogP contribution < -0.4 is 15.8 Å². The summed E-state index contributed by atoms with van der Waals surface area (Å²) in [7, 11) is -2.15. The fraction of sp³-hybridized carbons (Fsp3) is 0.417. The second kappa shape index (κ2) is 6.42. The number of sulfone groups is 1. The van der Waals surface area contributed by atoms with Crippen LogP contribution in [0.1, 0.15) is 13.3 Å². The van der Waals surface area contributed by atoms with Crippen LogP contribution in [0.15, 0.2) is 23.1 Å². The van der Waals surface area contributed by atoms with Gasteiger partial charge in [0.25, 0.3) is 0 Å². The minimum atomic E-state index is -3.60. The molecule has 0 heterocycles. The van der Waals surface area contributed by atoms with Gasteiger partial charge >= 0.3 is 0 Å². The zero-order chi connectivity index (χ0) is 14.5. The van der Waals surface area contributed by atoms with E-state index in [4.69, 9.17) is 10.5 Å². The normalized spacial score (nSPS) is 11.1. The van der Waals surface area contributed by atoms with E-state index in [1.165, 1.54) is 19.2 Å². The first kappa shape index (κ1) is 15.3. The number of nitrogens with one attached hydrogen (secondary N) is 1. The second-order valence-electron chi connectivity index (χ2n) is 3.87. The molecule has 0 unspecified atom stereocenters. The van der Waals surface area contributed by atoms with Crippen molar-refractivity contribution in [2.45, 2.75) is 18.2 Å². The molecule has 0 aliphatic rings. The van der Waals surface area contributed by atoms with Crippen molar-refractivity contribution >= 4 is 21.4 Å². The molecule has 1 aromatic rings. The van der Waals surface area contributed by atoms with E-state index in [1.807, 2.05) is 0 Å². The average Bonchev–Trinajstić information content (AvgIpc) is 2.38. The number of ether oxygens (including phenoxy) is 1. The van der Waals surface area contributed by atoms with Gasteiger partial charge in [-0.2, -0.15) is 0 Å². The number of carbonyl (C=O) groups excluding carboxylic acids is 1. The maximum atomic E-state index is 12.1. The Hall–Kier alpha value is -1.76. The summed E-state index contributed by atoms with van der Waals surface area (Å²) in [6.07, 6.45) is -0.100. The Labute approximate surface area is 112 Å². The lowest BCUT2D eigenvalue weighted by Crippen LogP contribution is -2.21. The quantitative estimate of drug-likeness (QED) is 0.745. The molecule has 1 amide bonds. The maximum Gasteiger partial charge on any atom is 0.220 e. The van der Waals surface area contributed by atoms with E-state index in [1.54, 1.807) is 13.0 Å². The molecule has 0 bridgehead atoms. The van der Waals surface area contributed by atoms with Crippen molar-refractivity contribution in [1.82, 2.24) is 5.32 Å². The number of rotatable bonds is 6. The van der Waals surface area contributed by atoms with Gasteiger partial charge in [-0.05, 0) is 19.1 Å². The summed E-state index contributed by atoms with van der Waals surface area (Å²) < 4.78 is 29.5. The zero-order valence-electron chi connectivity index (χ0n) is 11.0. The molecule has 0 saturated heterocycles. The first-order chi connectivity index (χ1) is 8.90. The summed E-state index contributed by atoms with van der Waals surface area (Å²) in [5.74, 6) is -0.176. The predicted molar refractivity (Wildman–Crippen MR) is 72.8 cm³/mol. The van der Waals surface area contributed by atoms with E-state index < -0.39 is 9.84 Å². The Morgan fingerprint density at radius 3 is 2.68 bits per heavy atom. The summed E-state index contributed by atoms with van der Waals surface area (Å²) in [5.41, 5.74) is 5.83. The number of carbonyl (C=O) groups is 1. The Morgan fingerprint density at radius 2 is 2.11 bits per heavy atom. The summed E-state index contributed by atoms with van der Waals surface area (Å²) in [6, 6.07) is 4.48. The van der Waals surface area contributed by atoms with Crippen LogP contribution in [0.5, 0.6) is 5.75 Å². The van der Waals surface area contributed by atoms with E-state index in [0.717, 1.165) is 0 Å². The molecule has 0 saturated carbocycles. The Kier molecular flexibility index (Phi) is 5.17. The molecule has 0 atom stereocenters. The molecule has 19 heavy (non-hydrogen) atoms. The summed E-state index contributed by atoms with van der Waals surface area (Å²) in [6.45, 7) is 2.23. The summed E-state index contributed by atoms with van der Waals surface area (Å²) in [5, 5.41) is 2.38. The first-order valence-corrected chi connectivity index (χ1v) is 7.51. The molecule has 6 nitrogen and oxygen atoms in total. The molecule has 0 radical (unpaired) electrons. The molecule has 106 valence electrons. The second-order valence-corrected chi connectivity index (χ2v) is 5.95. The highest BCUT2D eigenvalue weighted by atomic mass is 32.2. The van der Waals surface area contributed by atoms with Gasteiger partial charge < -0.3 is 15.8 Å². The smallest absolute Gasteiger partial charge is 0.220 e. The number of hydrogen-bond donors (Lipinski definition) is 2. The van der Waals surface area contributed by atoms with Crippen molar-refractivity contribution < 1.29 is 17.9 Å². The molecule has 1 aromatic carbocycles. The van der Waals surface area contributed by atoms with Gasteiger partial charge in [-0.1, -0.05) is 0 Å². The number of nitrogen functional groups attached to an aromatic ring is 1. The third kappa shape index (κ3) is 4.13. The summed E-state index contributed by atoms with van der Waals surface area (Å²) >= 11 is 0. The van der Waals surface area contributed by atoms with Crippen LogP contribution in [0.2, 0.25) is 0 Å². The van der Waals surface area contributed by atoms with E-state index in [2.05, 4.69) is 5.32 Å². The van der Waals surface area contributed by atoms with Crippen molar-refractivity contribution in [3.05, 3.63) is 18.2 Å². The zero-order valence-corrected chi connectivity index (χ0v) is 11.8. The molecular weight excluding hydrogens is 268 g/mol. The van der Waals surface area contributed by atoms with Crippen LogP contribution in [0.3, 0.4) is 0 Å². The van der Waals surface area contributed by atoms with Crippen molar-refractivity contribution in [2.75, 3.05) is 25.1 Å². The number of nitrogens with two attached hydrogens (primary N) is 1. The monoisotopic (exact) mass is 286 g/mol. The number of amides is 1. The van der Waals surface area contributed by atoms with Gasteiger partial charge in [0, 0.05) is 19.5 Å². The minimum Gasteiger partial charge on any atom is -0.494 e. The number of anilines is 1. The molecule has 0 aliphatic carbocycles. The molecule has 0 aromatic heterocycles. The SMILES string of the molecule is CCOc1ccc(N)c(S(=O)(=O)CCC(=O)NC)c1. The van der Waals surface area contributed by atoms with E-state index in [-0.39, 0.29) is 28.7 Å². The molecular formula is C12H18N2O4S. The molecule has 1 rings (SSSR count). The Bertz CT molecular complexity index is 555. The highest BCUT2D eigenvalue weighted by Gasteiger charge is 2.19. The third-order valence-corrected chi connectivity index (χ3v) is 4.27. The fourth-order valence-corrected chi connectivity index (χ4v) is 2.90. The van der Waals surface area contributed by atoms with Gasteiger partial charge in [0.05, 0.1) is 22.9 Å².